The summed E-state index contributed by atoms with van der Waals surface area (Å²) in [6.45, 7) is 1.53. The van der Waals surface area contributed by atoms with Crippen LogP contribution in [0.1, 0.15) is 36.9 Å². The molecule has 1 aromatic rings. The van der Waals surface area contributed by atoms with Crippen LogP contribution in [-0.2, 0) is 9.47 Å². The van der Waals surface area contributed by atoms with Gasteiger partial charge in [0.15, 0.2) is 6.29 Å². The SMILES string of the molecule is COC(=O)c1[nH]c(C=O)c(C(=O)OC)c1C. The molecule has 6 heteroatoms. The first-order valence-corrected chi connectivity index (χ1v) is 4.41. The van der Waals surface area contributed by atoms with E-state index >= 15 is 0 Å². The zero-order valence-corrected chi connectivity index (χ0v) is 9.12. The van der Waals surface area contributed by atoms with Gasteiger partial charge in [0.05, 0.1) is 25.5 Å². The van der Waals surface area contributed by atoms with Gasteiger partial charge in [0.1, 0.15) is 5.69 Å². The minimum absolute atomic E-state index is 0.00440. The lowest BCUT2D eigenvalue weighted by atomic mass is 10.1. The second kappa shape index (κ2) is 4.61. The lowest BCUT2D eigenvalue weighted by molar-refractivity contribution is 0.0593. The van der Waals surface area contributed by atoms with Gasteiger partial charge in [0, 0.05) is 0 Å². The number of H-pyrrole nitrogens is 1. The van der Waals surface area contributed by atoms with Crippen LogP contribution in [0.15, 0.2) is 0 Å². The number of esters is 2. The van der Waals surface area contributed by atoms with Crippen molar-refractivity contribution in [1.82, 2.24) is 4.98 Å². The molecule has 0 aliphatic rings. The quantitative estimate of drug-likeness (QED) is 0.604. The summed E-state index contributed by atoms with van der Waals surface area (Å²) in [7, 11) is 2.40. The lowest BCUT2D eigenvalue weighted by Gasteiger charge is -1.99. The number of aromatic amines is 1. The van der Waals surface area contributed by atoms with Gasteiger partial charge in [-0.1, -0.05) is 0 Å². The fourth-order valence-corrected chi connectivity index (χ4v) is 1.38. The molecule has 0 saturated carbocycles. The highest BCUT2D eigenvalue weighted by molar-refractivity contribution is 6.03. The Hall–Kier alpha value is -2.11. The van der Waals surface area contributed by atoms with E-state index in [-0.39, 0.29) is 17.0 Å². The standard InChI is InChI=1S/C10H11NO5/c1-5-7(9(13)15-2)6(4-12)11-8(5)10(14)16-3/h4,11H,1-3H3. The van der Waals surface area contributed by atoms with Crippen molar-refractivity contribution >= 4 is 18.2 Å². The van der Waals surface area contributed by atoms with Crippen molar-refractivity contribution in [2.45, 2.75) is 6.92 Å². The second-order valence-electron chi connectivity index (χ2n) is 3.01. The molecule has 1 heterocycles. The van der Waals surface area contributed by atoms with E-state index in [0.717, 1.165) is 0 Å². The van der Waals surface area contributed by atoms with Crippen molar-refractivity contribution in [3.63, 3.8) is 0 Å². The maximum absolute atomic E-state index is 11.4. The maximum atomic E-state index is 11.4. The smallest absolute Gasteiger partial charge is 0.354 e. The predicted octanol–water partition coefficient (Wildman–Crippen LogP) is 0.709. The van der Waals surface area contributed by atoms with Crippen molar-refractivity contribution in [2.75, 3.05) is 14.2 Å². The summed E-state index contributed by atoms with van der Waals surface area (Å²) in [6.07, 6.45) is 0.450. The molecule has 0 bridgehead atoms. The Morgan fingerprint density at radius 3 is 2.19 bits per heavy atom. The molecule has 0 fully saturated rings. The summed E-state index contributed by atoms with van der Waals surface area (Å²) in [5.74, 6) is -1.32. The molecule has 0 spiro atoms. The summed E-state index contributed by atoms with van der Waals surface area (Å²) < 4.78 is 9.02. The minimum Gasteiger partial charge on any atom is -0.465 e. The van der Waals surface area contributed by atoms with Crippen molar-refractivity contribution in [1.29, 1.82) is 0 Å². The number of aldehydes is 1. The summed E-state index contributed by atoms with van der Waals surface area (Å²) >= 11 is 0. The van der Waals surface area contributed by atoms with Gasteiger partial charge in [-0.3, -0.25) is 4.79 Å². The Morgan fingerprint density at radius 1 is 1.19 bits per heavy atom. The summed E-state index contributed by atoms with van der Waals surface area (Å²) in [4.78, 5) is 35.9. The van der Waals surface area contributed by atoms with Gasteiger partial charge in [-0.25, -0.2) is 9.59 Å². The van der Waals surface area contributed by atoms with E-state index in [2.05, 4.69) is 14.5 Å². The summed E-state index contributed by atoms with van der Waals surface area (Å²) in [5, 5.41) is 0. The summed E-state index contributed by atoms with van der Waals surface area (Å²) in [6, 6.07) is 0. The average Bonchev–Trinajstić information content (AvgIpc) is 2.64. The van der Waals surface area contributed by atoms with E-state index in [4.69, 9.17) is 0 Å². The topological polar surface area (TPSA) is 85.5 Å². The number of hydrogen-bond donors (Lipinski definition) is 1. The summed E-state index contributed by atoms with van der Waals surface area (Å²) in [5.41, 5.74) is 0.466. The predicted molar refractivity (Wildman–Crippen MR) is 53.6 cm³/mol. The van der Waals surface area contributed by atoms with Crippen molar-refractivity contribution in [3.05, 3.63) is 22.5 Å². The van der Waals surface area contributed by atoms with Gasteiger partial charge in [-0.05, 0) is 12.5 Å². The average molecular weight is 225 g/mol. The zero-order valence-electron chi connectivity index (χ0n) is 9.12. The third-order valence-electron chi connectivity index (χ3n) is 2.18. The first-order chi connectivity index (χ1) is 7.56. The molecular formula is C10H11NO5. The van der Waals surface area contributed by atoms with E-state index < -0.39 is 11.9 Å². The third kappa shape index (κ3) is 1.81. The van der Waals surface area contributed by atoms with Crippen LogP contribution in [0.5, 0.6) is 0 Å². The molecule has 16 heavy (non-hydrogen) atoms. The third-order valence-corrected chi connectivity index (χ3v) is 2.18. The molecule has 1 rings (SSSR count). The molecule has 86 valence electrons. The Balaban J connectivity index is 3.37. The van der Waals surface area contributed by atoms with Crippen LogP contribution in [0.25, 0.3) is 0 Å². The van der Waals surface area contributed by atoms with Gasteiger partial charge in [0.2, 0.25) is 0 Å². The molecule has 0 radical (unpaired) electrons. The largest absolute Gasteiger partial charge is 0.465 e. The number of nitrogens with one attached hydrogen (secondary N) is 1. The first-order valence-electron chi connectivity index (χ1n) is 4.41. The molecule has 0 amide bonds. The zero-order chi connectivity index (χ0) is 12.3. The Morgan fingerprint density at radius 2 is 1.75 bits per heavy atom. The normalized spacial score (nSPS) is 9.69. The molecule has 0 aliphatic carbocycles. The van der Waals surface area contributed by atoms with Crippen LogP contribution >= 0.6 is 0 Å². The van der Waals surface area contributed by atoms with E-state index in [1.807, 2.05) is 0 Å². The Labute approximate surface area is 91.5 Å². The van der Waals surface area contributed by atoms with Gasteiger partial charge < -0.3 is 14.5 Å². The van der Waals surface area contributed by atoms with Crippen molar-refractivity contribution in [3.8, 4) is 0 Å². The van der Waals surface area contributed by atoms with E-state index in [0.29, 0.717) is 11.8 Å². The van der Waals surface area contributed by atoms with E-state index in [1.54, 1.807) is 0 Å². The molecule has 0 aromatic carbocycles. The van der Waals surface area contributed by atoms with Crippen molar-refractivity contribution < 1.29 is 23.9 Å². The highest BCUT2D eigenvalue weighted by Gasteiger charge is 2.24. The number of rotatable bonds is 3. The monoisotopic (exact) mass is 225 g/mol. The molecule has 6 nitrogen and oxygen atoms in total. The number of carbonyl (C=O) groups excluding carboxylic acids is 3. The van der Waals surface area contributed by atoms with Gasteiger partial charge in [-0.2, -0.15) is 0 Å². The van der Waals surface area contributed by atoms with E-state index in [1.165, 1.54) is 21.1 Å². The number of ether oxygens (including phenoxy) is 2. The highest BCUT2D eigenvalue weighted by atomic mass is 16.5. The van der Waals surface area contributed by atoms with Crippen LogP contribution in [0, 0.1) is 6.92 Å². The fourth-order valence-electron chi connectivity index (χ4n) is 1.38. The van der Waals surface area contributed by atoms with Crippen LogP contribution in [0.4, 0.5) is 0 Å². The van der Waals surface area contributed by atoms with Gasteiger partial charge >= 0.3 is 11.9 Å². The minimum atomic E-state index is -0.675. The van der Waals surface area contributed by atoms with E-state index in [9.17, 15) is 14.4 Å². The van der Waals surface area contributed by atoms with Crippen LogP contribution in [0.2, 0.25) is 0 Å². The molecule has 1 aromatic heterocycles. The van der Waals surface area contributed by atoms with Crippen LogP contribution in [-0.4, -0.2) is 37.4 Å². The molecule has 0 aliphatic heterocycles. The maximum Gasteiger partial charge on any atom is 0.354 e. The second-order valence-corrected chi connectivity index (χ2v) is 3.01. The van der Waals surface area contributed by atoms with Gasteiger partial charge in [0.25, 0.3) is 0 Å². The Bertz CT molecular complexity index is 446. The highest BCUT2D eigenvalue weighted by Crippen LogP contribution is 2.18. The molecule has 0 atom stereocenters. The van der Waals surface area contributed by atoms with Crippen LogP contribution < -0.4 is 0 Å². The number of aromatic nitrogens is 1. The number of hydrogen-bond acceptors (Lipinski definition) is 5. The van der Waals surface area contributed by atoms with Gasteiger partial charge in [-0.15, -0.1) is 0 Å². The lowest BCUT2D eigenvalue weighted by Crippen LogP contribution is -2.06. The fraction of sp³-hybridized carbons (Fsp3) is 0.300. The Kier molecular flexibility index (Phi) is 3.44. The first kappa shape index (κ1) is 12.0. The number of carbonyl (C=O) groups is 3. The molecule has 1 N–H and O–H groups in total. The number of methoxy groups -OCH3 is 2. The molecule has 0 unspecified atom stereocenters. The molecule has 0 saturated heterocycles. The molecular weight excluding hydrogens is 214 g/mol. The van der Waals surface area contributed by atoms with Crippen molar-refractivity contribution in [2.24, 2.45) is 0 Å². The van der Waals surface area contributed by atoms with Crippen LogP contribution in [0.3, 0.4) is 0 Å².